The van der Waals surface area contributed by atoms with Crippen LogP contribution in [0.2, 0.25) is 18.1 Å². The zero-order chi connectivity index (χ0) is 27.4. The van der Waals surface area contributed by atoms with E-state index in [1.165, 1.54) is 29.7 Å². The van der Waals surface area contributed by atoms with Gasteiger partial charge in [-0.3, -0.25) is 0 Å². The average molecular weight is 536 g/mol. The third-order valence-electron chi connectivity index (χ3n) is 8.66. The maximum Gasteiger partial charge on any atom is 0.193 e. The van der Waals surface area contributed by atoms with Crippen molar-refractivity contribution in [1.82, 2.24) is 0 Å². The molecule has 0 unspecified atom stereocenters. The first-order chi connectivity index (χ1) is 18.0. The highest BCUT2D eigenvalue weighted by atomic mass is 28.4. The molecule has 0 saturated carbocycles. The molecule has 4 nitrogen and oxygen atoms in total. The summed E-state index contributed by atoms with van der Waals surface area (Å²) in [4.78, 5) is 2.48. The first kappa shape index (κ1) is 29.1. The van der Waals surface area contributed by atoms with Crippen LogP contribution in [0, 0.1) is 5.41 Å². The molecular weight excluding hydrogens is 486 g/mol. The third-order valence-corrected chi connectivity index (χ3v) is 13.2. The Morgan fingerprint density at radius 3 is 2.47 bits per heavy atom. The van der Waals surface area contributed by atoms with Gasteiger partial charge in [-0.15, -0.1) is 0 Å². The molecule has 0 aromatic heterocycles. The van der Waals surface area contributed by atoms with E-state index in [1.54, 1.807) is 0 Å². The number of ether oxygens (including phenoxy) is 2. The Bertz CT molecular complexity index is 1080. The van der Waals surface area contributed by atoms with E-state index in [2.05, 4.69) is 119 Å². The summed E-state index contributed by atoms with van der Waals surface area (Å²) in [6.45, 7) is 19.1. The van der Waals surface area contributed by atoms with Crippen LogP contribution in [-0.4, -0.2) is 34.3 Å². The van der Waals surface area contributed by atoms with Gasteiger partial charge in [-0.05, 0) is 36.2 Å². The molecule has 0 radical (unpaired) electrons. The maximum atomic E-state index is 7.32. The van der Waals surface area contributed by atoms with E-state index in [-0.39, 0.29) is 16.7 Å². The van der Waals surface area contributed by atoms with Crippen molar-refractivity contribution in [1.29, 1.82) is 0 Å². The molecule has 0 bridgehead atoms. The minimum atomic E-state index is -2.06. The van der Waals surface area contributed by atoms with Crippen LogP contribution in [0.25, 0.3) is 0 Å². The molecule has 4 rings (SSSR count). The second-order valence-electron chi connectivity index (χ2n) is 13.0. The van der Waals surface area contributed by atoms with E-state index in [1.807, 2.05) is 0 Å². The van der Waals surface area contributed by atoms with Gasteiger partial charge >= 0.3 is 0 Å². The van der Waals surface area contributed by atoms with Gasteiger partial charge < -0.3 is 18.8 Å². The second-order valence-corrected chi connectivity index (χ2v) is 17.8. The van der Waals surface area contributed by atoms with Crippen LogP contribution in [-0.2, 0) is 26.1 Å². The molecule has 2 aromatic carbocycles. The number of hydrogen-bond acceptors (Lipinski definition) is 4. The first-order valence-corrected chi connectivity index (χ1v) is 17.4. The Kier molecular flexibility index (Phi) is 8.93. The SMILES string of the molecule is CCCC/C=C\[C@@](C)(COCc1ccccc1)CN1c2ccccc2[C@]2(O[Si](C)(C)C(C)(C)C)CCO[C@H]12. The summed E-state index contributed by atoms with van der Waals surface area (Å²) >= 11 is 0. The molecule has 208 valence electrons. The normalized spacial score (nSPS) is 23.0. The summed E-state index contributed by atoms with van der Waals surface area (Å²) < 4.78 is 20.2. The molecular formula is C33H49NO3Si. The number of unbranched alkanes of at least 4 members (excludes halogenated alkanes) is 2. The standard InChI is InChI=1S/C33H49NO3Si/c1-8-9-10-16-21-32(5,26-35-24-27-17-12-11-13-18-27)25-34-29-20-15-14-19-28(29)33(22-23-36-30(33)34)37-38(6,7)31(2,3)4/h11-21,30H,8-10,22-26H2,1-7H3/b21-16-/t30-,32+,33+/m0/s1. The van der Waals surface area contributed by atoms with Crippen LogP contribution >= 0.6 is 0 Å². The summed E-state index contributed by atoms with van der Waals surface area (Å²) in [5, 5.41) is 0.124. The molecule has 38 heavy (non-hydrogen) atoms. The van der Waals surface area contributed by atoms with Crippen molar-refractivity contribution in [3.63, 3.8) is 0 Å². The molecule has 1 fully saturated rings. The van der Waals surface area contributed by atoms with Gasteiger partial charge in [-0.25, -0.2) is 0 Å². The third kappa shape index (κ3) is 6.12. The molecule has 2 aromatic rings. The number of nitrogens with zero attached hydrogens (tertiary/aromatic N) is 1. The zero-order valence-corrected chi connectivity index (χ0v) is 25.8. The van der Waals surface area contributed by atoms with Gasteiger partial charge in [-0.2, -0.15) is 0 Å². The maximum absolute atomic E-state index is 7.32. The van der Waals surface area contributed by atoms with E-state index in [0.717, 1.165) is 26.0 Å². The highest BCUT2D eigenvalue weighted by Gasteiger charge is 2.60. The Morgan fingerprint density at radius 1 is 1.05 bits per heavy atom. The molecule has 0 spiro atoms. The second kappa shape index (κ2) is 11.7. The monoisotopic (exact) mass is 535 g/mol. The highest BCUT2D eigenvalue weighted by molar-refractivity contribution is 6.74. The highest BCUT2D eigenvalue weighted by Crippen LogP contribution is 2.55. The molecule has 5 heteroatoms. The van der Waals surface area contributed by atoms with Crippen molar-refractivity contribution in [2.75, 3.05) is 24.7 Å². The van der Waals surface area contributed by atoms with Gasteiger partial charge in [-0.1, -0.05) is 108 Å². The lowest BCUT2D eigenvalue weighted by molar-refractivity contribution is -0.0253. The predicted octanol–water partition coefficient (Wildman–Crippen LogP) is 8.44. The van der Waals surface area contributed by atoms with Crippen LogP contribution in [0.4, 0.5) is 5.69 Å². The number of para-hydroxylation sites is 1. The van der Waals surface area contributed by atoms with Crippen molar-refractivity contribution in [3.05, 3.63) is 77.9 Å². The summed E-state index contributed by atoms with van der Waals surface area (Å²) in [7, 11) is -2.06. The van der Waals surface area contributed by atoms with Crippen molar-refractivity contribution >= 4 is 14.0 Å². The Labute approximate surface area is 232 Å². The van der Waals surface area contributed by atoms with E-state index >= 15 is 0 Å². The fourth-order valence-corrected chi connectivity index (χ4v) is 7.06. The van der Waals surface area contributed by atoms with Gasteiger partial charge in [0, 0.05) is 29.6 Å². The topological polar surface area (TPSA) is 30.9 Å². The van der Waals surface area contributed by atoms with E-state index < -0.39 is 13.9 Å². The summed E-state index contributed by atoms with van der Waals surface area (Å²) in [6.07, 6.45) is 9.02. The molecule has 0 amide bonds. The summed E-state index contributed by atoms with van der Waals surface area (Å²) in [5.74, 6) is 0. The van der Waals surface area contributed by atoms with Crippen LogP contribution in [0.1, 0.15) is 71.4 Å². The lowest BCUT2D eigenvalue weighted by Crippen LogP contribution is -2.54. The Hall–Kier alpha value is -1.92. The molecule has 2 aliphatic heterocycles. The smallest absolute Gasteiger partial charge is 0.193 e. The number of allylic oxidation sites excluding steroid dienone is 1. The Morgan fingerprint density at radius 2 is 1.76 bits per heavy atom. The van der Waals surface area contributed by atoms with Gasteiger partial charge in [0.15, 0.2) is 14.5 Å². The predicted molar refractivity (Wildman–Crippen MR) is 161 cm³/mol. The van der Waals surface area contributed by atoms with Gasteiger partial charge in [0.2, 0.25) is 0 Å². The largest absolute Gasteiger partial charge is 0.403 e. The average Bonchev–Trinajstić information content (AvgIpc) is 3.38. The van der Waals surface area contributed by atoms with E-state index in [4.69, 9.17) is 13.9 Å². The zero-order valence-electron chi connectivity index (χ0n) is 24.8. The van der Waals surface area contributed by atoms with Crippen molar-refractivity contribution in [2.24, 2.45) is 5.41 Å². The molecule has 2 aliphatic rings. The van der Waals surface area contributed by atoms with Gasteiger partial charge in [0.05, 0.1) is 19.8 Å². The Balaban J connectivity index is 1.62. The number of anilines is 1. The molecule has 1 saturated heterocycles. The minimum absolute atomic E-state index is 0.119. The molecule has 3 atom stereocenters. The summed E-state index contributed by atoms with van der Waals surface area (Å²) in [5.41, 5.74) is 3.14. The number of hydrogen-bond donors (Lipinski definition) is 0. The molecule has 0 N–H and O–H groups in total. The lowest BCUT2D eigenvalue weighted by Gasteiger charge is -2.45. The minimum Gasteiger partial charge on any atom is -0.403 e. The van der Waals surface area contributed by atoms with E-state index in [9.17, 15) is 0 Å². The van der Waals surface area contributed by atoms with Gasteiger partial charge in [0.1, 0.15) is 5.60 Å². The van der Waals surface area contributed by atoms with Gasteiger partial charge in [0.25, 0.3) is 0 Å². The van der Waals surface area contributed by atoms with Crippen LogP contribution < -0.4 is 4.90 Å². The molecule has 0 aliphatic carbocycles. The quantitative estimate of drug-likeness (QED) is 0.155. The fourth-order valence-electron chi connectivity index (χ4n) is 5.53. The number of benzene rings is 2. The number of fused-ring (bicyclic) bond motifs is 3. The van der Waals surface area contributed by atoms with Crippen molar-refractivity contribution < 1.29 is 13.9 Å². The lowest BCUT2D eigenvalue weighted by atomic mass is 9.89. The fraction of sp³-hybridized carbons (Fsp3) is 0.576. The van der Waals surface area contributed by atoms with Crippen LogP contribution in [0.5, 0.6) is 0 Å². The van der Waals surface area contributed by atoms with Crippen molar-refractivity contribution in [2.45, 2.75) is 96.9 Å². The van der Waals surface area contributed by atoms with E-state index in [0.29, 0.717) is 13.2 Å². The summed E-state index contributed by atoms with van der Waals surface area (Å²) in [6, 6.07) is 19.3. The first-order valence-electron chi connectivity index (χ1n) is 14.5. The van der Waals surface area contributed by atoms with Crippen molar-refractivity contribution in [3.8, 4) is 0 Å². The number of rotatable bonds is 12. The van der Waals surface area contributed by atoms with Crippen LogP contribution in [0.15, 0.2) is 66.7 Å². The van der Waals surface area contributed by atoms with Crippen LogP contribution in [0.3, 0.4) is 0 Å². The molecule has 2 heterocycles.